The van der Waals surface area contributed by atoms with Gasteiger partial charge in [-0.25, -0.2) is 0 Å². The molecule has 0 unspecified atom stereocenters. The Morgan fingerprint density at radius 3 is 2.20 bits per heavy atom. The van der Waals surface area contributed by atoms with Crippen LogP contribution in [0.15, 0.2) is 4.99 Å². The summed E-state index contributed by atoms with van der Waals surface area (Å²) >= 11 is 0. The average Bonchev–Trinajstić information content (AvgIpc) is 2.34. The first-order chi connectivity index (χ1) is 9.41. The number of hydrazine groups is 1. The van der Waals surface area contributed by atoms with Gasteiger partial charge in [-0.2, -0.15) is 0 Å². The van der Waals surface area contributed by atoms with Gasteiger partial charge in [0.2, 0.25) is 11.9 Å². The van der Waals surface area contributed by atoms with E-state index in [0.29, 0.717) is 5.96 Å². The molecule has 20 heavy (non-hydrogen) atoms. The Morgan fingerprint density at radius 2 is 1.65 bits per heavy atom. The first-order valence-corrected chi connectivity index (χ1v) is 6.85. The number of hydrogen-bond donors (Lipinski definition) is 5. The minimum atomic E-state index is -0.138. The van der Waals surface area contributed by atoms with Crippen LogP contribution >= 0.6 is 0 Å². The maximum absolute atomic E-state index is 7.13. The third-order valence-electron chi connectivity index (χ3n) is 2.42. The zero-order valence-electron chi connectivity index (χ0n) is 13.2. The lowest BCUT2D eigenvalue weighted by Gasteiger charge is -2.15. The van der Waals surface area contributed by atoms with Crippen LogP contribution in [0.1, 0.15) is 12.8 Å². The number of nitrogens with one attached hydrogen (secondary N) is 4. The molecule has 0 aromatic rings. The largest absolute Gasteiger partial charge is 0.369 e. The zero-order chi connectivity index (χ0) is 15.4. The molecule has 0 bridgehead atoms. The van der Waals surface area contributed by atoms with Crippen molar-refractivity contribution in [3.05, 3.63) is 0 Å². The first kappa shape index (κ1) is 18.5. The van der Waals surface area contributed by atoms with E-state index in [0.717, 1.165) is 39.0 Å². The van der Waals surface area contributed by atoms with Gasteiger partial charge in [-0.15, -0.1) is 0 Å². The van der Waals surface area contributed by atoms with Crippen LogP contribution in [0.25, 0.3) is 0 Å². The van der Waals surface area contributed by atoms with Crippen molar-refractivity contribution in [2.45, 2.75) is 12.8 Å². The fourth-order valence-corrected chi connectivity index (χ4v) is 1.45. The van der Waals surface area contributed by atoms with Gasteiger partial charge in [0.25, 0.3) is 0 Å². The van der Waals surface area contributed by atoms with Crippen molar-refractivity contribution in [1.29, 1.82) is 5.41 Å². The van der Waals surface area contributed by atoms with Crippen molar-refractivity contribution in [2.24, 2.45) is 10.7 Å². The Balaban J connectivity index is 4.04. The number of hydrogen-bond acceptors (Lipinski definition) is 4. The van der Waals surface area contributed by atoms with Gasteiger partial charge in [0, 0.05) is 13.1 Å². The standard InChI is InChI=1S/C12H30N8/c1-19(2)9-5-7-15-12(18-17-11(13)14)16-8-6-10-20(3)4/h5-10H2,1-4H3,(H4,13,14,17)(H2,15,16,18). The van der Waals surface area contributed by atoms with Crippen LogP contribution in [0, 0.1) is 5.41 Å². The minimum Gasteiger partial charge on any atom is -0.369 e. The Hall–Kier alpha value is -1.54. The van der Waals surface area contributed by atoms with Crippen molar-refractivity contribution < 1.29 is 0 Å². The summed E-state index contributed by atoms with van der Waals surface area (Å²) in [4.78, 5) is 8.69. The Labute approximate surface area is 122 Å². The smallest absolute Gasteiger partial charge is 0.210 e. The monoisotopic (exact) mass is 286 g/mol. The molecule has 8 heteroatoms. The number of nitrogens with zero attached hydrogens (tertiary/aromatic N) is 3. The minimum absolute atomic E-state index is 0.138. The Bertz CT molecular complexity index is 287. The number of guanidine groups is 2. The quantitative estimate of drug-likeness (QED) is 0.167. The van der Waals surface area contributed by atoms with Crippen LogP contribution in [0.4, 0.5) is 0 Å². The molecule has 0 fully saturated rings. The van der Waals surface area contributed by atoms with E-state index in [1.807, 2.05) is 28.2 Å². The molecule has 0 aliphatic rings. The predicted octanol–water partition coefficient (Wildman–Crippen LogP) is -1.18. The third-order valence-corrected chi connectivity index (χ3v) is 2.42. The molecule has 0 aromatic carbocycles. The van der Waals surface area contributed by atoms with Crippen molar-refractivity contribution in [3.63, 3.8) is 0 Å². The lowest BCUT2D eigenvalue weighted by atomic mass is 10.4. The Morgan fingerprint density at radius 1 is 1.05 bits per heavy atom. The normalized spacial score (nSPS) is 11.8. The second-order valence-corrected chi connectivity index (χ2v) is 5.13. The average molecular weight is 286 g/mol. The van der Waals surface area contributed by atoms with Gasteiger partial charge in [0.05, 0.1) is 0 Å². The van der Waals surface area contributed by atoms with Gasteiger partial charge in [0.15, 0.2) is 0 Å². The fraction of sp³-hybridized carbons (Fsp3) is 0.833. The lowest BCUT2D eigenvalue weighted by molar-refractivity contribution is 0.399. The maximum Gasteiger partial charge on any atom is 0.210 e. The SMILES string of the molecule is CN(C)CCCN=C(NCCCN(C)C)NNC(=N)N. The molecule has 0 aliphatic carbocycles. The highest BCUT2D eigenvalue weighted by Gasteiger charge is 1.99. The second-order valence-electron chi connectivity index (χ2n) is 5.13. The number of rotatable bonds is 8. The predicted molar refractivity (Wildman–Crippen MR) is 84.8 cm³/mol. The van der Waals surface area contributed by atoms with Crippen LogP contribution in [-0.4, -0.2) is 76.1 Å². The van der Waals surface area contributed by atoms with Crippen molar-refractivity contribution in [3.8, 4) is 0 Å². The van der Waals surface area contributed by atoms with E-state index in [-0.39, 0.29) is 5.96 Å². The molecular weight excluding hydrogens is 256 g/mol. The molecule has 0 saturated carbocycles. The van der Waals surface area contributed by atoms with Crippen molar-refractivity contribution >= 4 is 11.9 Å². The molecule has 0 rings (SSSR count). The molecule has 0 radical (unpaired) electrons. The summed E-state index contributed by atoms with van der Waals surface area (Å²) in [5.41, 5.74) is 10.6. The molecule has 0 atom stereocenters. The van der Waals surface area contributed by atoms with E-state index in [1.54, 1.807) is 0 Å². The summed E-state index contributed by atoms with van der Waals surface area (Å²) in [7, 11) is 8.18. The topological polar surface area (TPSA) is 105 Å². The van der Waals surface area contributed by atoms with Crippen LogP contribution in [-0.2, 0) is 0 Å². The lowest BCUT2D eigenvalue weighted by Crippen LogP contribution is -2.50. The summed E-state index contributed by atoms with van der Waals surface area (Å²) in [6, 6.07) is 0. The van der Waals surface area contributed by atoms with Gasteiger partial charge in [-0.1, -0.05) is 0 Å². The van der Waals surface area contributed by atoms with E-state index >= 15 is 0 Å². The van der Waals surface area contributed by atoms with E-state index in [1.165, 1.54) is 0 Å². The van der Waals surface area contributed by atoms with E-state index < -0.39 is 0 Å². The molecule has 0 aromatic heterocycles. The maximum atomic E-state index is 7.13. The van der Waals surface area contributed by atoms with E-state index in [9.17, 15) is 0 Å². The second kappa shape index (κ2) is 11.3. The van der Waals surface area contributed by atoms with E-state index in [2.05, 4.69) is 31.0 Å². The molecule has 6 N–H and O–H groups in total. The summed E-state index contributed by atoms with van der Waals surface area (Å²) in [5, 5.41) is 10.3. The van der Waals surface area contributed by atoms with Gasteiger partial charge in [-0.3, -0.25) is 21.3 Å². The molecule has 0 heterocycles. The highest BCUT2D eigenvalue weighted by atomic mass is 15.5. The van der Waals surface area contributed by atoms with Crippen LogP contribution in [0.2, 0.25) is 0 Å². The molecule has 0 spiro atoms. The van der Waals surface area contributed by atoms with Crippen LogP contribution < -0.4 is 21.9 Å². The Kier molecular flexibility index (Phi) is 10.4. The highest BCUT2D eigenvalue weighted by Crippen LogP contribution is 1.85. The summed E-state index contributed by atoms with van der Waals surface area (Å²) in [6.45, 7) is 3.55. The highest BCUT2D eigenvalue weighted by molar-refractivity contribution is 5.83. The number of nitrogens with two attached hydrogens (primary N) is 1. The molecular formula is C12H30N8. The summed E-state index contributed by atoms with van der Waals surface area (Å²) in [6.07, 6.45) is 2.00. The number of aliphatic imine (C=N–C) groups is 1. The van der Waals surface area contributed by atoms with Crippen molar-refractivity contribution in [2.75, 3.05) is 54.4 Å². The van der Waals surface area contributed by atoms with Gasteiger partial charge in [-0.05, 0) is 54.1 Å². The fourth-order valence-electron chi connectivity index (χ4n) is 1.45. The molecule has 8 nitrogen and oxygen atoms in total. The molecule has 0 saturated heterocycles. The summed E-state index contributed by atoms with van der Waals surface area (Å²) in [5.74, 6) is 0.485. The first-order valence-electron chi connectivity index (χ1n) is 6.85. The van der Waals surface area contributed by atoms with Gasteiger partial charge >= 0.3 is 0 Å². The molecule has 0 aliphatic heterocycles. The summed E-state index contributed by atoms with van der Waals surface area (Å²) < 4.78 is 0. The molecule has 118 valence electrons. The molecule has 0 amide bonds. The third kappa shape index (κ3) is 12.9. The van der Waals surface area contributed by atoms with Gasteiger partial charge in [0.1, 0.15) is 0 Å². The van der Waals surface area contributed by atoms with E-state index in [4.69, 9.17) is 11.1 Å². The van der Waals surface area contributed by atoms with Gasteiger partial charge < -0.3 is 20.9 Å². The van der Waals surface area contributed by atoms with Crippen LogP contribution in [0.5, 0.6) is 0 Å². The van der Waals surface area contributed by atoms with Crippen molar-refractivity contribution in [1.82, 2.24) is 26.0 Å². The van der Waals surface area contributed by atoms with Crippen LogP contribution in [0.3, 0.4) is 0 Å². The zero-order valence-corrected chi connectivity index (χ0v) is 13.2.